The van der Waals surface area contributed by atoms with Crippen LogP contribution in [0.5, 0.6) is 0 Å². The first-order valence-electron chi connectivity index (χ1n) is 6.03. The second kappa shape index (κ2) is 5.09. The van der Waals surface area contributed by atoms with Crippen LogP contribution in [0.15, 0.2) is 29.2 Å². The Balaban J connectivity index is 2.10. The summed E-state index contributed by atoms with van der Waals surface area (Å²) >= 11 is 0. The van der Waals surface area contributed by atoms with Gasteiger partial charge in [0, 0.05) is 25.3 Å². The summed E-state index contributed by atoms with van der Waals surface area (Å²) in [6, 6.07) is 6.01. The van der Waals surface area contributed by atoms with Crippen LogP contribution in [0, 0.1) is 0 Å². The van der Waals surface area contributed by atoms with Gasteiger partial charge in [-0.2, -0.15) is 0 Å². The maximum atomic E-state index is 12.1. The van der Waals surface area contributed by atoms with Gasteiger partial charge in [0.2, 0.25) is 10.0 Å². The van der Waals surface area contributed by atoms with Gasteiger partial charge in [-0.1, -0.05) is 6.07 Å². The number of sulfonamides is 1. The minimum Gasteiger partial charge on any atom is -0.399 e. The van der Waals surface area contributed by atoms with Crippen LogP contribution in [0.2, 0.25) is 0 Å². The summed E-state index contributed by atoms with van der Waals surface area (Å²) in [5, 5.41) is 10.2. The van der Waals surface area contributed by atoms with Gasteiger partial charge < -0.3 is 15.6 Å². The molecule has 106 valence electrons. The van der Waals surface area contributed by atoms with Crippen LogP contribution < -0.4 is 10.5 Å². The quantitative estimate of drug-likeness (QED) is 0.681. The van der Waals surface area contributed by atoms with Crippen LogP contribution >= 0.6 is 0 Å². The first-order valence-corrected chi connectivity index (χ1v) is 7.51. The normalized spacial score (nSPS) is 27.6. The van der Waals surface area contributed by atoms with E-state index in [9.17, 15) is 13.5 Å². The van der Waals surface area contributed by atoms with Crippen molar-refractivity contribution in [3.05, 3.63) is 24.3 Å². The molecule has 0 amide bonds. The number of aliphatic hydroxyl groups is 1. The molecule has 1 fully saturated rings. The van der Waals surface area contributed by atoms with E-state index in [1.807, 2.05) is 0 Å². The zero-order valence-corrected chi connectivity index (χ0v) is 11.5. The summed E-state index contributed by atoms with van der Waals surface area (Å²) in [6.45, 7) is 2.07. The first kappa shape index (κ1) is 14.3. The Morgan fingerprint density at radius 3 is 2.89 bits per heavy atom. The zero-order chi connectivity index (χ0) is 14.1. The Hall–Kier alpha value is -1.15. The molecule has 1 saturated heterocycles. The SMILES string of the molecule is CC1OCCC1(O)CNS(=O)(=O)c1cccc(N)c1. The van der Waals surface area contributed by atoms with E-state index in [1.54, 1.807) is 19.1 Å². The largest absolute Gasteiger partial charge is 0.399 e. The smallest absolute Gasteiger partial charge is 0.240 e. The van der Waals surface area contributed by atoms with Crippen molar-refractivity contribution in [2.45, 2.75) is 29.9 Å². The van der Waals surface area contributed by atoms with E-state index in [-0.39, 0.29) is 11.4 Å². The van der Waals surface area contributed by atoms with Crippen molar-refractivity contribution in [3.63, 3.8) is 0 Å². The van der Waals surface area contributed by atoms with Crippen molar-refractivity contribution in [1.29, 1.82) is 0 Å². The van der Waals surface area contributed by atoms with E-state index in [4.69, 9.17) is 10.5 Å². The number of anilines is 1. The van der Waals surface area contributed by atoms with Gasteiger partial charge in [-0.3, -0.25) is 0 Å². The van der Waals surface area contributed by atoms with Crippen molar-refractivity contribution in [1.82, 2.24) is 4.72 Å². The number of rotatable bonds is 4. The number of hydrogen-bond donors (Lipinski definition) is 3. The molecule has 1 heterocycles. The average molecular weight is 286 g/mol. The van der Waals surface area contributed by atoms with Crippen LogP contribution in [0.3, 0.4) is 0 Å². The Bertz CT molecular complexity index is 561. The number of nitrogen functional groups attached to an aromatic ring is 1. The highest BCUT2D eigenvalue weighted by Gasteiger charge is 2.40. The second-order valence-electron chi connectivity index (χ2n) is 4.76. The molecule has 6 nitrogen and oxygen atoms in total. The van der Waals surface area contributed by atoms with Gasteiger partial charge in [-0.25, -0.2) is 13.1 Å². The monoisotopic (exact) mass is 286 g/mol. The third-order valence-electron chi connectivity index (χ3n) is 3.40. The molecule has 4 N–H and O–H groups in total. The number of nitrogens with two attached hydrogens (primary N) is 1. The lowest BCUT2D eigenvalue weighted by atomic mass is 9.97. The van der Waals surface area contributed by atoms with Crippen LogP contribution in [0.25, 0.3) is 0 Å². The number of nitrogens with one attached hydrogen (secondary N) is 1. The highest BCUT2D eigenvalue weighted by molar-refractivity contribution is 7.89. The molecule has 0 spiro atoms. The Labute approximate surface area is 112 Å². The van der Waals surface area contributed by atoms with Crippen molar-refractivity contribution < 1.29 is 18.3 Å². The molecule has 2 atom stereocenters. The van der Waals surface area contributed by atoms with Gasteiger partial charge in [-0.15, -0.1) is 0 Å². The molecule has 0 saturated carbocycles. The maximum Gasteiger partial charge on any atom is 0.240 e. The van der Waals surface area contributed by atoms with Gasteiger partial charge in [-0.05, 0) is 25.1 Å². The highest BCUT2D eigenvalue weighted by Crippen LogP contribution is 2.25. The Morgan fingerprint density at radius 2 is 2.32 bits per heavy atom. The summed E-state index contributed by atoms with van der Waals surface area (Å²) in [5.41, 5.74) is 4.77. The maximum absolute atomic E-state index is 12.1. The lowest BCUT2D eigenvalue weighted by Crippen LogP contribution is -2.47. The minimum atomic E-state index is -3.68. The predicted octanol–water partition coefficient (Wildman–Crippen LogP) is 0.0870. The predicted molar refractivity (Wildman–Crippen MR) is 71.0 cm³/mol. The molecular formula is C12H18N2O4S. The summed E-state index contributed by atoms with van der Waals surface area (Å²) in [6.07, 6.45) is 0.0178. The molecule has 19 heavy (non-hydrogen) atoms. The summed E-state index contributed by atoms with van der Waals surface area (Å²) in [7, 11) is -3.68. The van der Waals surface area contributed by atoms with E-state index in [0.29, 0.717) is 18.7 Å². The molecule has 0 aromatic heterocycles. The average Bonchev–Trinajstić information content (AvgIpc) is 2.68. The van der Waals surface area contributed by atoms with Crippen LogP contribution in [0.4, 0.5) is 5.69 Å². The van der Waals surface area contributed by atoms with Crippen LogP contribution in [-0.2, 0) is 14.8 Å². The minimum absolute atomic E-state index is 0.0781. The van der Waals surface area contributed by atoms with Gasteiger partial charge in [0.25, 0.3) is 0 Å². The molecule has 2 rings (SSSR count). The first-order chi connectivity index (χ1) is 8.83. The standard InChI is InChI=1S/C12H18N2O4S/c1-9-12(15,5-6-18-9)8-14-19(16,17)11-4-2-3-10(13)7-11/h2-4,7,9,14-15H,5-6,8,13H2,1H3. The molecule has 1 aliphatic heterocycles. The van der Waals surface area contributed by atoms with Crippen molar-refractivity contribution in [2.24, 2.45) is 0 Å². The second-order valence-corrected chi connectivity index (χ2v) is 6.53. The molecule has 0 bridgehead atoms. The third kappa shape index (κ3) is 3.06. The fourth-order valence-electron chi connectivity index (χ4n) is 1.99. The van der Waals surface area contributed by atoms with Crippen LogP contribution in [0.1, 0.15) is 13.3 Å². The molecular weight excluding hydrogens is 268 g/mol. The fraction of sp³-hybridized carbons (Fsp3) is 0.500. The number of benzene rings is 1. The highest BCUT2D eigenvalue weighted by atomic mass is 32.2. The number of hydrogen-bond acceptors (Lipinski definition) is 5. The van der Waals surface area contributed by atoms with Crippen LogP contribution in [-0.4, -0.2) is 38.4 Å². The Morgan fingerprint density at radius 1 is 1.58 bits per heavy atom. The lowest BCUT2D eigenvalue weighted by Gasteiger charge is -2.26. The topological polar surface area (TPSA) is 102 Å². The summed E-state index contributed by atoms with van der Waals surface area (Å²) < 4.78 is 31.8. The van der Waals surface area contributed by atoms with E-state index in [1.165, 1.54) is 12.1 Å². The molecule has 0 aliphatic carbocycles. The molecule has 1 aromatic rings. The number of ether oxygens (including phenoxy) is 1. The van der Waals surface area contributed by atoms with Gasteiger partial charge in [0.15, 0.2) is 0 Å². The van der Waals surface area contributed by atoms with Crippen molar-refractivity contribution in [3.8, 4) is 0 Å². The van der Waals surface area contributed by atoms with Gasteiger partial charge in [0.1, 0.15) is 5.60 Å². The van der Waals surface area contributed by atoms with E-state index >= 15 is 0 Å². The molecule has 0 radical (unpaired) electrons. The third-order valence-corrected chi connectivity index (χ3v) is 4.80. The molecule has 1 aliphatic rings. The van der Waals surface area contributed by atoms with Gasteiger partial charge >= 0.3 is 0 Å². The van der Waals surface area contributed by atoms with E-state index in [2.05, 4.69) is 4.72 Å². The zero-order valence-electron chi connectivity index (χ0n) is 10.7. The summed E-state index contributed by atoms with van der Waals surface area (Å²) in [5.74, 6) is 0. The fourth-order valence-corrected chi connectivity index (χ4v) is 3.14. The van der Waals surface area contributed by atoms with Crippen molar-refractivity contribution in [2.75, 3.05) is 18.9 Å². The molecule has 1 aromatic carbocycles. The Kier molecular flexibility index (Phi) is 3.82. The van der Waals surface area contributed by atoms with Crippen molar-refractivity contribution >= 4 is 15.7 Å². The summed E-state index contributed by atoms with van der Waals surface area (Å²) in [4.78, 5) is 0.0858. The lowest BCUT2D eigenvalue weighted by molar-refractivity contribution is -0.0228. The van der Waals surface area contributed by atoms with E-state index < -0.39 is 21.7 Å². The van der Waals surface area contributed by atoms with E-state index in [0.717, 1.165) is 0 Å². The molecule has 2 unspecified atom stereocenters. The molecule has 7 heteroatoms. The van der Waals surface area contributed by atoms with Gasteiger partial charge in [0.05, 0.1) is 11.0 Å².